The van der Waals surface area contributed by atoms with Crippen LogP contribution >= 0.6 is 0 Å². The van der Waals surface area contributed by atoms with Gasteiger partial charge in [0.2, 0.25) is 5.91 Å². The van der Waals surface area contributed by atoms with E-state index in [0.29, 0.717) is 0 Å². The summed E-state index contributed by atoms with van der Waals surface area (Å²) in [6.45, 7) is 6.97. The number of aryl methyl sites for hydroxylation is 1. The van der Waals surface area contributed by atoms with E-state index in [2.05, 4.69) is 6.58 Å². The van der Waals surface area contributed by atoms with Crippen molar-refractivity contribution < 1.29 is 13.2 Å². The van der Waals surface area contributed by atoms with Gasteiger partial charge in [-0.1, -0.05) is 30.7 Å². The van der Waals surface area contributed by atoms with E-state index in [4.69, 9.17) is 0 Å². The fraction of sp³-hybridized carbons (Fsp3) is 0.308. The molecule has 1 aromatic carbocycles. The van der Waals surface area contributed by atoms with Gasteiger partial charge < -0.3 is 0 Å². The fourth-order valence-corrected chi connectivity index (χ4v) is 2.90. The topological polar surface area (TPSA) is 54.5 Å². The predicted molar refractivity (Wildman–Crippen MR) is 70.6 cm³/mol. The number of benzene rings is 1. The molecule has 0 N–H and O–H groups in total. The van der Waals surface area contributed by atoms with Crippen LogP contribution < -0.4 is 0 Å². The summed E-state index contributed by atoms with van der Waals surface area (Å²) in [7, 11) is -3.78. The normalized spacial score (nSPS) is 11.0. The van der Waals surface area contributed by atoms with Gasteiger partial charge in [-0.15, -0.1) is 6.58 Å². The van der Waals surface area contributed by atoms with Crippen molar-refractivity contribution in [2.75, 3.05) is 6.54 Å². The third-order valence-corrected chi connectivity index (χ3v) is 4.29. The second-order valence-electron chi connectivity index (χ2n) is 3.89. The SMILES string of the molecule is C=CCN(C(=O)CC)S(=O)(=O)c1ccc(C)cc1. The molecule has 1 amide bonds. The molecule has 0 atom stereocenters. The molecule has 98 valence electrons. The van der Waals surface area contributed by atoms with Crippen LogP contribution in [-0.2, 0) is 14.8 Å². The zero-order valence-corrected chi connectivity index (χ0v) is 11.4. The lowest BCUT2D eigenvalue weighted by Gasteiger charge is -2.20. The Hall–Kier alpha value is -1.62. The maximum absolute atomic E-state index is 12.3. The number of hydrogen-bond donors (Lipinski definition) is 0. The molecular formula is C13H17NO3S. The van der Waals surface area contributed by atoms with Crippen LogP contribution in [0.15, 0.2) is 41.8 Å². The zero-order chi connectivity index (χ0) is 13.8. The van der Waals surface area contributed by atoms with Gasteiger partial charge in [-0.25, -0.2) is 12.7 Å². The summed E-state index contributed by atoms with van der Waals surface area (Å²) < 4.78 is 25.4. The molecule has 18 heavy (non-hydrogen) atoms. The summed E-state index contributed by atoms with van der Waals surface area (Å²) in [5.74, 6) is -0.435. The van der Waals surface area contributed by atoms with E-state index >= 15 is 0 Å². The summed E-state index contributed by atoms with van der Waals surface area (Å²) in [4.78, 5) is 11.8. The molecule has 0 aliphatic carbocycles. The molecule has 0 aromatic heterocycles. The van der Waals surface area contributed by atoms with Gasteiger partial charge in [0.05, 0.1) is 11.4 Å². The quantitative estimate of drug-likeness (QED) is 0.768. The van der Waals surface area contributed by atoms with Crippen LogP contribution in [-0.4, -0.2) is 25.2 Å². The highest BCUT2D eigenvalue weighted by Gasteiger charge is 2.26. The van der Waals surface area contributed by atoms with Crippen molar-refractivity contribution >= 4 is 15.9 Å². The van der Waals surface area contributed by atoms with E-state index in [1.54, 1.807) is 19.1 Å². The number of carbonyl (C=O) groups excluding carboxylic acids is 1. The van der Waals surface area contributed by atoms with Crippen molar-refractivity contribution in [1.82, 2.24) is 4.31 Å². The van der Waals surface area contributed by atoms with Gasteiger partial charge in [-0.05, 0) is 19.1 Å². The predicted octanol–water partition coefficient (Wildman–Crippen LogP) is 2.11. The summed E-state index contributed by atoms with van der Waals surface area (Å²) in [6, 6.07) is 6.41. The van der Waals surface area contributed by atoms with E-state index in [1.807, 2.05) is 6.92 Å². The molecule has 0 aliphatic heterocycles. The van der Waals surface area contributed by atoms with E-state index in [0.717, 1.165) is 9.87 Å². The number of amides is 1. The molecule has 1 rings (SSSR count). The smallest absolute Gasteiger partial charge is 0.266 e. The standard InChI is InChI=1S/C13H17NO3S/c1-4-10-14(13(15)5-2)18(16,17)12-8-6-11(3)7-9-12/h4,6-9H,1,5,10H2,2-3H3. The van der Waals surface area contributed by atoms with Gasteiger partial charge in [-0.3, -0.25) is 4.79 Å². The van der Waals surface area contributed by atoms with Crippen LogP contribution in [0.1, 0.15) is 18.9 Å². The number of hydrogen-bond acceptors (Lipinski definition) is 3. The van der Waals surface area contributed by atoms with Crippen molar-refractivity contribution in [2.24, 2.45) is 0 Å². The lowest BCUT2D eigenvalue weighted by molar-refractivity contribution is -0.125. The number of carbonyl (C=O) groups is 1. The second kappa shape index (κ2) is 5.82. The Morgan fingerprint density at radius 2 is 1.89 bits per heavy atom. The first kappa shape index (κ1) is 14.4. The minimum absolute atomic E-state index is 0.0110. The summed E-state index contributed by atoms with van der Waals surface area (Å²) in [6.07, 6.45) is 1.54. The molecule has 0 bridgehead atoms. The van der Waals surface area contributed by atoms with Crippen LogP contribution in [0.25, 0.3) is 0 Å². The molecule has 4 nitrogen and oxygen atoms in total. The van der Waals surface area contributed by atoms with E-state index in [-0.39, 0.29) is 17.9 Å². The molecular weight excluding hydrogens is 250 g/mol. The highest BCUT2D eigenvalue weighted by molar-refractivity contribution is 7.89. The maximum atomic E-state index is 12.3. The molecule has 0 heterocycles. The zero-order valence-electron chi connectivity index (χ0n) is 10.6. The number of sulfonamides is 1. The monoisotopic (exact) mass is 267 g/mol. The molecule has 0 saturated heterocycles. The highest BCUT2D eigenvalue weighted by Crippen LogP contribution is 2.17. The van der Waals surface area contributed by atoms with Crippen molar-refractivity contribution in [3.05, 3.63) is 42.5 Å². The summed E-state index contributed by atoms with van der Waals surface area (Å²) in [5.41, 5.74) is 0.964. The Kier molecular flexibility index (Phi) is 4.67. The molecule has 0 spiro atoms. The number of rotatable bonds is 5. The maximum Gasteiger partial charge on any atom is 0.266 e. The fourth-order valence-electron chi connectivity index (χ4n) is 1.47. The van der Waals surface area contributed by atoms with Crippen LogP contribution in [0.4, 0.5) is 0 Å². The second-order valence-corrected chi connectivity index (χ2v) is 5.75. The average Bonchev–Trinajstić information content (AvgIpc) is 2.35. The molecule has 0 radical (unpaired) electrons. The van der Waals surface area contributed by atoms with Crippen LogP contribution in [0, 0.1) is 6.92 Å². The van der Waals surface area contributed by atoms with E-state index < -0.39 is 15.9 Å². The van der Waals surface area contributed by atoms with Crippen molar-refractivity contribution in [2.45, 2.75) is 25.2 Å². The van der Waals surface area contributed by atoms with E-state index in [1.165, 1.54) is 18.2 Å². The van der Waals surface area contributed by atoms with Crippen LogP contribution in [0.5, 0.6) is 0 Å². The first-order valence-electron chi connectivity index (χ1n) is 5.66. The van der Waals surface area contributed by atoms with Gasteiger partial charge in [0.15, 0.2) is 0 Å². The van der Waals surface area contributed by atoms with Gasteiger partial charge in [0.25, 0.3) is 10.0 Å². The lowest BCUT2D eigenvalue weighted by Crippen LogP contribution is -2.36. The molecule has 5 heteroatoms. The van der Waals surface area contributed by atoms with Gasteiger partial charge >= 0.3 is 0 Å². The Morgan fingerprint density at radius 1 is 1.33 bits per heavy atom. The van der Waals surface area contributed by atoms with Gasteiger partial charge in [0.1, 0.15) is 0 Å². The minimum Gasteiger partial charge on any atom is -0.274 e. The largest absolute Gasteiger partial charge is 0.274 e. The van der Waals surface area contributed by atoms with E-state index in [9.17, 15) is 13.2 Å². The molecule has 0 aliphatic rings. The van der Waals surface area contributed by atoms with Crippen molar-refractivity contribution in [1.29, 1.82) is 0 Å². The van der Waals surface area contributed by atoms with Crippen molar-refractivity contribution in [3.63, 3.8) is 0 Å². The van der Waals surface area contributed by atoms with Gasteiger partial charge in [-0.2, -0.15) is 0 Å². The first-order valence-corrected chi connectivity index (χ1v) is 7.10. The Balaban J connectivity index is 3.20. The Bertz CT molecular complexity index is 532. The van der Waals surface area contributed by atoms with Crippen molar-refractivity contribution in [3.8, 4) is 0 Å². The molecule has 0 saturated carbocycles. The molecule has 1 aromatic rings. The summed E-state index contributed by atoms with van der Waals surface area (Å²) in [5, 5.41) is 0. The molecule has 0 fully saturated rings. The van der Waals surface area contributed by atoms with Gasteiger partial charge in [0, 0.05) is 6.42 Å². The molecule has 0 unspecified atom stereocenters. The van der Waals surface area contributed by atoms with Crippen LogP contribution in [0.3, 0.4) is 0 Å². The highest BCUT2D eigenvalue weighted by atomic mass is 32.2. The Morgan fingerprint density at radius 3 is 2.33 bits per heavy atom. The summed E-state index contributed by atoms with van der Waals surface area (Å²) >= 11 is 0. The van der Waals surface area contributed by atoms with Crippen LogP contribution in [0.2, 0.25) is 0 Å². The average molecular weight is 267 g/mol. The third-order valence-electron chi connectivity index (χ3n) is 2.48. The lowest BCUT2D eigenvalue weighted by atomic mass is 10.2. The minimum atomic E-state index is -3.78. The number of nitrogens with zero attached hydrogens (tertiary/aromatic N) is 1. The third kappa shape index (κ3) is 2.98. The first-order chi connectivity index (χ1) is 8.43. The Labute approximate surface area is 108 Å².